The topological polar surface area (TPSA) is 59.9 Å². The number of benzene rings is 1. The monoisotopic (exact) mass is 275 g/mol. The standard InChI is InChI=1S/C13H13N3O2S/c1-16-12(17)11(14-15-13(16)19)8-5-9-3-6-10(18-2)7-4-9/h3-8H,1-2H3,(H,15,19)/b8-5+. The summed E-state index contributed by atoms with van der Waals surface area (Å²) in [7, 11) is 3.22. The van der Waals surface area contributed by atoms with E-state index >= 15 is 0 Å². The van der Waals surface area contributed by atoms with E-state index in [1.807, 2.05) is 24.3 Å². The Morgan fingerprint density at radius 2 is 2.00 bits per heavy atom. The first kappa shape index (κ1) is 13.2. The van der Waals surface area contributed by atoms with Crippen LogP contribution in [0.5, 0.6) is 5.75 Å². The molecule has 0 atom stereocenters. The van der Waals surface area contributed by atoms with E-state index in [9.17, 15) is 4.79 Å². The molecule has 0 bridgehead atoms. The Kier molecular flexibility index (Phi) is 3.91. The van der Waals surface area contributed by atoms with Crippen LogP contribution in [-0.4, -0.2) is 21.9 Å². The van der Waals surface area contributed by atoms with Gasteiger partial charge in [-0.3, -0.25) is 14.5 Å². The van der Waals surface area contributed by atoms with Crippen molar-refractivity contribution in [3.8, 4) is 5.75 Å². The lowest BCUT2D eigenvalue weighted by Gasteiger charge is -2.00. The van der Waals surface area contributed by atoms with Gasteiger partial charge in [0, 0.05) is 7.05 Å². The largest absolute Gasteiger partial charge is 0.497 e. The van der Waals surface area contributed by atoms with Gasteiger partial charge in [0.1, 0.15) is 11.4 Å². The number of rotatable bonds is 3. The molecule has 98 valence electrons. The van der Waals surface area contributed by atoms with Gasteiger partial charge in [-0.15, -0.1) is 0 Å². The van der Waals surface area contributed by atoms with Gasteiger partial charge >= 0.3 is 0 Å². The highest BCUT2D eigenvalue weighted by atomic mass is 32.1. The third-order valence-corrected chi connectivity index (χ3v) is 3.01. The van der Waals surface area contributed by atoms with E-state index in [2.05, 4.69) is 10.2 Å². The number of aromatic nitrogens is 3. The summed E-state index contributed by atoms with van der Waals surface area (Å²) >= 11 is 4.91. The summed E-state index contributed by atoms with van der Waals surface area (Å²) in [5.41, 5.74) is 1.03. The molecule has 0 spiro atoms. The summed E-state index contributed by atoms with van der Waals surface area (Å²) in [6.07, 6.45) is 3.45. The Morgan fingerprint density at radius 1 is 1.32 bits per heavy atom. The fourth-order valence-electron chi connectivity index (χ4n) is 1.49. The summed E-state index contributed by atoms with van der Waals surface area (Å²) < 4.78 is 6.71. The second-order valence-corrected chi connectivity index (χ2v) is 4.27. The second kappa shape index (κ2) is 5.62. The zero-order valence-corrected chi connectivity index (χ0v) is 11.4. The van der Waals surface area contributed by atoms with Crippen LogP contribution in [0, 0.1) is 4.77 Å². The van der Waals surface area contributed by atoms with E-state index in [4.69, 9.17) is 17.0 Å². The predicted octanol–water partition coefficient (Wildman–Crippen LogP) is 2.02. The fourth-order valence-corrected chi connectivity index (χ4v) is 1.62. The van der Waals surface area contributed by atoms with E-state index < -0.39 is 0 Å². The molecular formula is C13H13N3O2S. The molecule has 0 aliphatic heterocycles. The summed E-state index contributed by atoms with van der Waals surface area (Å²) in [6.45, 7) is 0. The zero-order chi connectivity index (χ0) is 13.8. The maximum absolute atomic E-state index is 11.9. The maximum atomic E-state index is 11.9. The van der Waals surface area contributed by atoms with Gasteiger partial charge in [-0.1, -0.05) is 18.2 Å². The number of aromatic amines is 1. The minimum Gasteiger partial charge on any atom is -0.497 e. The van der Waals surface area contributed by atoms with Gasteiger partial charge in [0.05, 0.1) is 7.11 Å². The van der Waals surface area contributed by atoms with Crippen LogP contribution in [0.1, 0.15) is 11.3 Å². The molecule has 0 amide bonds. The van der Waals surface area contributed by atoms with Crippen LogP contribution < -0.4 is 10.3 Å². The van der Waals surface area contributed by atoms with Crippen molar-refractivity contribution in [2.45, 2.75) is 0 Å². The van der Waals surface area contributed by atoms with Gasteiger partial charge in [-0.2, -0.15) is 5.10 Å². The van der Waals surface area contributed by atoms with Crippen LogP contribution >= 0.6 is 12.2 Å². The highest BCUT2D eigenvalue weighted by Gasteiger charge is 2.00. The highest BCUT2D eigenvalue weighted by Crippen LogP contribution is 2.12. The first-order valence-corrected chi connectivity index (χ1v) is 6.00. The lowest BCUT2D eigenvalue weighted by molar-refractivity contribution is 0.415. The third kappa shape index (κ3) is 2.97. The van der Waals surface area contributed by atoms with Crippen LogP contribution in [-0.2, 0) is 7.05 Å². The van der Waals surface area contributed by atoms with Gasteiger partial charge in [-0.25, -0.2) is 0 Å². The first-order chi connectivity index (χ1) is 9.11. The molecular weight excluding hydrogens is 262 g/mol. The molecule has 0 unspecified atom stereocenters. The number of hydrogen-bond donors (Lipinski definition) is 1. The van der Waals surface area contributed by atoms with Crippen molar-refractivity contribution in [1.29, 1.82) is 0 Å². The molecule has 1 heterocycles. The number of H-pyrrole nitrogens is 1. The molecule has 1 aromatic heterocycles. The quantitative estimate of drug-likeness (QED) is 0.871. The molecule has 6 heteroatoms. The Morgan fingerprint density at radius 3 is 2.63 bits per heavy atom. The average Bonchev–Trinajstić information content (AvgIpc) is 2.45. The van der Waals surface area contributed by atoms with Gasteiger partial charge in [0.2, 0.25) is 0 Å². The van der Waals surface area contributed by atoms with Crippen molar-refractivity contribution in [2.75, 3.05) is 7.11 Å². The van der Waals surface area contributed by atoms with E-state index in [1.54, 1.807) is 26.3 Å². The number of methoxy groups -OCH3 is 1. The minimum atomic E-state index is -0.228. The van der Waals surface area contributed by atoms with Gasteiger partial charge in [0.15, 0.2) is 4.77 Å². The van der Waals surface area contributed by atoms with Crippen LogP contribution in [0.4, 0.5) is 0 Å². The average molecular weight is 275 g/mol. The molecule has 0 aliphatic rings. The summed E-state index contributed by atoms with van der Waals surface area (Å²) in [5, 5.41) is 6.53. The predicted molar refractivity (Wildman–Crippen MR) is 76.6 cm³/mol. The molecule has 0 saturated heterocycles. The van der Waals surface area contributed by atoms with Crippen molar-refractivity contribution in [2.24, 2.45) is 7.05 Å². The zero-order valence-electron chi connectivity index (χ0n) is 10.6. The molecule has 19 heavy (non-hydrogen) atoms. The summed E-state index contributed by atoms with van der Waals surface area (Å²) in [6, 6.07) is 7.49. The van der Waals surface area contributed by atoms with E-state index in [1.165, 1.54) is 4.57 Å². The molecule has 1 aromatic carbocycles. The SMILES string of the molecule is COc1ccc(/C=C/c2n[nH]c(=S)n(C)c2=O)cc1. The summed E-state index contributed by atoms with van der Waals surface area (Å²) in [5.74, 6) is 0.787. The number of hydrogen-bond acceptors (Lipinski definition) is 4. The van der Waals surface area contributed by atoms with Gasteiger partial charge < -0.3 is 4.74 Å². The van der Waals surface area contributed by atoms with Crippen molar-refractivity contribution in [3.63, 3.8) is 0 Å². The molecule has 0 radical (unpaired) electrons. The smallest absolute Gasteiger partial charge is 0.280 e. The van der Waals surface area contributed by atoms with Gasteiger partial charge in [-0.05, 0) is 36.0 Å². The van der Waals surface area contributed by atoms with E-state index in [0.29, 0.717) is 10.5 Å². The normalized spacial score (nSPS) is 10.8. The Bertz CT molecular complexity index is 714. The van der Waals surface area contributed by atoms with Crippen LogP contribution in [0.3, 0.4) is 0 Å². The molecule has 2 aromatic rings. The number of nitrogens with zero attached hydrogens (tertiary/aromatic N) is 2. The van der Waals surface area contributed by atoms with Crippen LogP contribution in [0.15, 0.2) is 29.1 Å². The Labute approximate surface area is 115 Å². The Hall–Kier alpha value is -2.21. The third-order valence-electron chi connectivity index (χ3n) is 2.65. The summed E-state index contributed by atoms with van der Waals surface area (Å²) in [4.78, 5) is 11.9. The molecule has 2 rings (SSSR count). The van der Waals surface area contributed by atoms with Crippen LogP contribution in [0.25, 0.3) is 12.2 Å². The van der Waals surface area contributed by atoms with Gasteiger partial charge in [0.25, 0.3) is 5.56 Å². The number of ether oxygens (including phenoxy) is 1. The van der Waals surface area contributed by atoms with Crippen molar-refractivity contribution in [1.82, 2.24) is 14.8 Å². The fraction of sp³-hybridized carbons (Fsp3) is 0.154. The lowest BCUT2D eigenvalue weighted by atomic mass is 10.2. The Balaban J connectivity index is 2.30. The maximum Gasteiger partial charge on any atom is 0.280 e. The van der Waals surface area contributed by atoms with Crippen molar-refractivity contribution in [3.05, 3.63) is 50.6 Å². The second-order valence-electron chi connectivity index (χ2n) is 3.88. The van der Waals surface area contributed by atoms with E-state index in [-0.39, 0.29) is 5.56 Å². The highest BCUT2D eigenvalue weighted by molar-refractivity contribution is 7.71. The molecule has 1 N–H and O–H groups in total. The van der Waals surface area contributed by atoms with E-state index in [0.717, 1.165) is 11.3 Å². The lowest BCUT2D eigenvalue weighted by Crippen LogP contribution is -2.22. The minimum absolute atomic E-state index is 0.228. The molecule has 5 nitrogen and oxygen atoms in total. The van der Waals surface area contributed by atoms with Crippen LogP contribution in [0.2, 0.25) is 0 Å². The van der Waals surface area contributed by atoms with Crippen molar-refractivity contribution < 1.29 is 4.74 Å². The number of nitrogens with one attached hydrogen (secondary N) is 1. The molecule has 0 aliphatic carbocycles. The molecule has 0 fully saturated rings. The molecule has 0 saturated carbocycles. The first-order valence-electron chi connectivity index (χ1n) is 5.59. The van der Waals surface area contributed by atoms with Crippen molar-refractivity contribution >= 4 is 24.4 Å².